The molecule has 0 radical (unpaired) electrons. The van der Waals surface area contributed by atoms with Gasteiger partial charge in [0.15, 0.2) is 0 Å². The molecule has 8 heteroatoms. The Hall–Kier alpha value is -3.42. The number of carbonyl (C=O) groups is 4. The van der Waals surface area contributed by atoms with Gasteiger partial charge in [-0.15, -0.1) is 0 Å². The second kappa shape index (κ2) is 8.13. The van der Waals surface area contributed by atoms with Gasteiger partial charge in [-0.05, 0) is 31.2 Å². The number of hydrogen-bond donors (Lipinski definition) is 4. The van der Waals surface area contributed by atoms with Crippen LogP contribution in [0.1, 0.15) is 6.92 Å². The van der Waals surface area contributed by atoms with Crippen molar-refractivity contribution in [3.05, 3.63) is 48.1 Å². The molecule has 0 aromatic heterocycles. The van der Waals surface area contributed by atoms with E-state index in [-0.39, 0.29) is 5.57 Å². The minimum atomic E-state index is -1.23. The third-order valence-corrected chi connectivity index (χ3v) is 2.49. The minimum absolute atomic E-state index is 0.0358. The maximum atomic E-state index is 11.7. The maximum Gasteiger partial charge on any atom is 0.328 e. The van der Waals surface area contributed by atoms with E-state index in [4.69, 9.17) is 10.2 Å². The normalized spacial score (nSPS) is 11.1. The fourth-order valence-corrected chi connectivity index (χ4v) is 1.45. The van der Waals surface area contributed by atoms with E-state index in [2.05, 4.69) is 10.6 Å². The largest absolute Gasteiger partial charge is 0.478 e. The quantitative estimate of drug-likeness (QED) is 0.583. The first-order valence-corrected chi connectivity index (χ1v) is 6.32. The lowest BCUT2D eigenvalue weighted by Gasteiger charge is -2.07. The van der Waals surface area contributed by atoms with Gasteiger partial charge in [-0.3, -0.25) is 9.59 Å². The Balaban J connectivity index is 2.67. The lowest BCUT2D eigenvalue weighted by Crippen LogP contribution is -2.14. The Bertz CT molecular complexity index is 688. The van der Waals surface area contributed by atoms with Gasteiger partial charge in [0.2, 0.25) is 5.91 Å². The third-order valence-electron chi connectivity index (χ3n) is 2.49. The summed E-state index contributed by atoms with van der Waals surface area (Å²) in [7, 11) is 0. The molecule has 1 aromatic rings. The lowest BCUT2D eigenvalue weighted by molar-refractivity contribution is -0.132. The molecular formula is C15H14N2O6. The molecule has 0 spiro atoms. The van der Waals surface area contributed by atoms with Gasteiger partial charge >= 0.3 is 11.9 Å². The molecule has 1 rings (SSSR count). The minimum Gasteiger partial charge on any atom is -0.478 e. The van der Waals surface area contributed by atoms with E-state index in [0.717, 1.165) is 12.2 Å². The molecule has 120 valence electrons. The summed E-state index contributed by atoms with van der Waals surface area (Å²) >= 11 is 0. The highest BCUT2D eigenvalue weighted by atomic mass is 16.4. The van der Waals surface area contributed by atoms with E-state index < -0.39 is 23.8 Å². The second-order valence-electron chi connectivity index (χ2n) is 4.36. The number of anilines is 2. The first-order valence-electron chi connectivity index (χ1n) is 6.32. The summed E-state index contributed by atoms with van der Waals surface area (Å²) in [5.41, 5.74) is 0.849. The smallest absolute Gasteiger partial charge is 0.328 e. The number of carboxylic acids is 2. The predicted octanol–water partition coefficient (Wildman–Crippen LogP) is 1.24. The number of aliphatic carboxylic acids is 2. The van der Waals surface area contributed by atoms with Crippen LogP contribution >= 0.6 is 0 Å². The van der Waals surface area contributed by atoms with Crippen LogP contribution in [0.25, 0.3) is 0 Å². The molecule has 0 heterocycles. The first-order chi connectivity index (χ1) is 10.8. The van der Waals surface area contributed by atoms with Gasteiger partial charge in [-0.25, -0.2) is 9.59 Å². The van der Waals surface area contributed by atoms with Crippen molar-refractivity contribution < 1.29 is 29.4 Å². The van der Waals surface area contributed by atoms with E-state index in [1.54, 1.807) is 0 Å². The summed E-state index contributed by atoms with van der Waals surface area (Å²) in [5, 5.41) is 21.9. The van der Waals surface area contributed by atoms with Crippen molar-refractivity contribution in [3.63, 3.8) is 0 Å². The number of amides is 2. The summed E-state index contributed by atoms with van der Waals surface area (Å²) in [6.07, 6.45) is 2.37. The highest BCUT2D eigenvalue weighted by Crippen LogP contribution is 2.14. The Kier molecular flexibility index (Phi) is 6.23. The van der Waals surface area contributed by atoms with Gasteiger partial charge in [-0.2, -0.15) is 0 Å². The Morgan fingerprint density at radius 1 is 0.870 bits per heavy atom. The monoisotopic (exact) mass is 318 g/mol. The first kappa shape index (κ1) is 17.6. The molecule has 8 nitrogen and oxygen atoms in total. The van der Waals surface area contributed by atoms with E-state index in [1.807, 2.05) is 0 Å². The van der Waals surface area contributed by atoms with Crippen molar-refractivity contribution in [1.82, 2.24) is 0 Å². The van der Waals surface area contributed by atoms with E-state index in [1.165, 1.54) is 31.2 Å². The number of rotatable bonds is 6. The van der Waals surface area contributed by atoms with Crippen molar-refractivity contribution in [3.8, 4) is 0 Å². The van der Waals surface area contributed by atoms with Gasteiger partial charge in [-0.1, -0.05) is 0 Å². The summed E-state index contributed by atoms with van der Waals surface area (Å²) in [4.78, 5) is 43.8. The van der Waals surface area contributed by atoms with Gasteiger partial charge in [0, 0.05) is 35.2 Å². The Labute approximate surface area is 131 Å². The Morgan fingerprint density at radius 3 is 1.87 bits per heavy atom. The van der Waals surface area contributed by atoms with Gasteiger partial charge < -0.3 is 20.8 Å². The van der Waals surface area contributed by atoms with E-state index in [0.29, 0.717) is 17.5 Å². The number of carboxylic acid groups (broad SMARTS) is 2. The maximum absolute atomic E-state index is 11.7. The Morgan fingerprint density at radius 2 is 1.39 bits per heavy atom. The molecular weight excluding hydrogens is 304 g/mol. The molecule has 0 fully saturated rings. The van der Waals surface area contributed by atoms with Crippen LogP contribution < -0.4 is 10.6 Å². The summed E-state index contributed by atoms with van der Waals surface area (Å²) in [6.45, 7) is 1.37. The third kappa shape index (κ3) is 6.71. The molecule has 0 aliphatic heterocycles. The zero-order chi connectivity index (χ0) is 17.4. The molecule has 0 bridgehead atoms. The van der Waals surface area contributed by atoms with E-state index in [9.17, 15) is 19.2 Å². The zero-order valence-electron chi connectivity index (χ0n) is 12.1. The molecule has 0 saturated carbocycles. The van der Waals surface area contributed by atoms with Crippen molar-refractivity contribution in [1.29, 1.82) is 0 Å². The zero-order valence-corrected chi connectivity index (χ0v) is 12.1. The standard InChI is InChI=1S/C15H14N2O6/c1-9(8-14(21)22)15(23)17-11-4-2-10(3-5-11)16-12(18)6-7-13(19)20/h2-8H,1H3,(H,16,18)(H,17,23)(H,19,20)(H,21,22)/b7-6-,9-8-. The highest BCUT2D eigenvalue weighted by Gasteiger charge is 2.07. The van der Waals surface area contributed by atoms with Crippen LogP contribution in [0.15, 0.2) is 48.1 Å². The average Bonchev–Trinajstić information content (AvgIpc) is 2.46. The van der Waals surface area contributed by atoms with Crippen LogP contribution in [-0.2, 0) is 19.2 Å². The number of carbonyl (C=O) groups excluding carboxylic acids is 2. The van der Waals surface area contributed by atoms with Crippen molar-refractivity contribution >= 4 is 35.1 Å². The van der Waals surface area contributed by atoms with Crippen LogP contribution in [0.3, 0.4) is 0 Å². The summed E-state index contributed by atoms with van der Waals surface area (Å²) in [6, 6.07) is 6.00. The SMILES string of the molecule is C/C(=C/C(=O)O)C(=O)Nc1ccc(NC(=O)/C=C\C(=O)O)cc1. The molecule has 0 unspecified atom stereocenters. The predicted molar refractivity (Wildman–Crippen MR) is 81.9 cm³/mol. The van der Waals surface area contributed by atoms with Crippen LogP contribution in [0.4, 0.5) is 11.4 Å². The molecule has 0 atom stereocenters. The second-order valence-corrected chi connectivity index (χ2v) is 4.36. The van der Waals surface area contributed by atoms with Crippen molar-refractivity contribution in [2.24, 2.45) is 0 Å². The molecule has 4 N–H and O–H groups in total. The van der Waals surface area contributed by atoms with Crippen LogP contribution in [0.2, 0.25) is 0 Å². The lowest BCUT2D eigenvalue weighted by atomic mass is 10.2. The number of nitrogens with one attached hydrogen (secondary N) is 2. The van der Waals surface area contributed by atoms with Crippen LogP contribution in [-0.4, -0.2) is 34.0 Å². The number of hydrogen-bond acceptors (Lipinski definition) is 4. The van der Waals surface area contributed by atoms with Crippen LogP contribution in [0.5, 0.6) is 0 Å². The van der Waals surface area contributed by atoms with E-state index >= 15 is 0 Å². The molecule has 0 aliphatic rings. The molecule has 1 aromatic carbocycles. The van der Waals surface area contributed by atoms with Crippen molar-refractivity contribution in [2.45, 2.75) is 6.92 Å². The molecule has 0 aliphatic carbocycles. The van der Waals surface area contributed by atoms with Crippen LogP contribution in [0, 0.1) is 0 Å². The van der Waals surface area contributed by atoms with Gasteiger partial charge in [0.25, 0.3) is 5.91 Å². The molecule has 0 saturated heterocycles. The van der Waals surface area contributed by atoms with Gasteiger partial charge in [0.1, 0.15) is 0 Å². The summed E-state index contributed by atoms with van der Waals surface area (Å²) < 4.78 is 0. The topological polar surface area (TPSA) is 133 Å². The fraction of sp³-hybridized carbons (Fsp3) is 0.0667. The highest BCUT2D eigenvalue weighted by molar-refractivity contribution is 6.06. The molecule has 23 heavy (non-hydrogen) atoms. The average molecular weight is 318 g/mol. The van der Waals surface area contributed by atoms with Crippen molar-refractivity contribution in [2.75, 3.05) is 10.6 Å². The number of benzene rings is 1. The molecule has 2 amide bonds. The summed E-state index contributed by atoms with van der Waals surface area (Å²) in [5.74, 6) is -3.62. The van der Waals surface area contributed by atoms with Gasteiger partial charge in [0.05, 0.1) is 0 Å². The fourth-order valence-electron chi connectivity index (χ4n) is 1.45.